The zero-order chi connectivity index (χ0) is 11.4. The average Bonchev–Trinajstić information content (AvgIpc) is 2.01. The predicted molar refractivity (Wildman–Crippen MR) is 61.2 cm³/mol. The summed E-state index contributed by atoms with van der Waals surface area (Å²) in [5.41, 5.74) is 5.35. The second-order valence-electron chi connectivity index (χ2n) is 4.95. The standard InChI is InChI=1S/C9H22N2O2Si/c1-9(2,3)14(4,5)13-7-6-8(10)11-12/h12H,6-7H2,1-5H3,(H2,10,11). The maximum absolute atomic E-state index is 8.34. The van der Waals surface area contributed by atoms with Gasteiger partial charge in [-0.05, 0) is 18.1 Å². The van der Waals surface area contributed by atoms with E-state index in [2.05, 4.69) is 39.0 Å². The highest BCUT2D eigenvalue weighted by atomic mass is 28.4. The smallest absolute Gasteiger partial charge is 0.191 e. The van der Waals surface area contributed by atoms with E-state index >= 15 is 0 Å². The molecule has 0 aromatic carbocycles. The van der Waals surface area contributed by atoms with Crippen LogP contribution in [0.5, 0.6) is 0 Å². The van der Waals surface area contributed by atoms with Crippen molar-refractivity contribution >= 4 is 14.2 Å². The van der Waals surface area contributed by atoms with Crippen LogP contribution in [0.15, 0.2) is 5.16 Å². The summed E-state index contributed by atoms with van der Waals surface area (Å²) in [6.07, 6.45) is 0.489. The summed E-state index contributed by atoms with van der Waals surface area (Å²) < 4.78 is 5.83. The molecule has 0 radical (unpaired) electrons. The van der Waals surface area contributed by atoms with Crippen molar-refractivity contribution in [1.82, 2.24) is 0 Å². The lowest BCUT2D eigenvalue weighted by atomic mass is 10.2. The molecule has 0 unspecified atom stereocenters. The molecule has 0 bridgehead atoms. The van der Waals surface area contributed by atoms with E-state index in [1.165, 1.54) is 0 Å². The molecule has 0 aliphatic carbocycles. The Bertz CT molecular complexity index is 209. The molecule has 0 heterocycles. The summed E-state index contributed by atoms with van der Waals surface area (Å²) >= 11 is 0. The maximum atomic E-state index is 8.34. The fraction of sp³-hybridized carbons (Fsp3) is 0.889. The van der Waals surface area contributed by atoms with Crippen LogP contribution in [0.2, 0.25) is 18.1 Å². The van der Waals surface area contributed by atoms with Crippen molar-refractivity contribution in [2.75, 3.05) is 6.61 Å². The third-order valence-electron chi connectivity index (χ3n) is 2.76. The highest BCUT2D eigenvalue weighted by molar-refractivity contribution is 6.74. The Labute approximate surface area is 87.3 Å². The van der Waals surface area contributed by atoms with Crippen LogP contribution in [-0.4, -0.2) is 26.0 Å². The van der Waals surface area contributed by atoms with Gasteiger partial charge < -0.3 is 15.4 Å². The minimum Gasteiger partial charge on any atom is -0.416 e. The van der Waals surface area contributed by atoms with Crippen LogP contribution in [0, 0.1) is 0 Å². The lowest BCUT2D eigenvalue weighted by molar-refractivity contribution is 0.289. The number of nitrogens with zero attached hydrogens (tertiary/aromatic N) is 1. The molecule has 0 aromatic rings. The lowest BCUT2D eigenvalue weighted by Crippen LogP contribution is -2.41. The predicted octanol–water partition coefficient (Wildman–Crippen LogP) is 2.14. The van der Waals surface area contributed by atoms with Gasteiger partial charge in [-0.3, -0.25) is 0 Å². The van der Waals surface area contributed by atoms with Crippen molar-refractivity contribution in [2.24, 2.45) is 10.9 Å². The van der Waals surface area contributed by atoms with E-state index in [0.717, 1.165) is 0 Å². The summed E-state index contributed by atoms with van der Waals surface area (Å²) in [6.45, 7) is 11.4. The van der Waals surface area contributed by atoms with E-state index in [1.807, 2.05) is 0 Å². The van der Waals surface area contributed by atoms with Crippen molar-refractivity contribution in [2.45, 2.75) is 45.3 Å². The van der Waals surface area contributed by atoms with Crippen molar-refractivity contribution in [1.29, 1.82) is 0 Å². The van der Waals surface area contributed by atoms with Crippen LogP contribution < -0.4 is 5.73 Å². The van der Waals surface area contributed by atoms with E-state index in [-0.39, 0.29) is 10.9 Å². The molecular weight excluding hydrogens is 196 g/mol. The molecule has 84 valence electrons. The largest absolute Gasteiger partial charge is 0.416 e. The molecule has 0 aromatic heterocycles. The molecule has 0 aliphatic heterocycles. The molecule has 3 N–H and O–H groups in total. The van der Waals surface area contributed by atoms with Gasteiger partial charge in [-0.1, -0.05) is 25.9 Å². The number of hydrogen-bond acceptors (Lipinski definition) is 3. The number of rotatable bonds is 4. The highest BCUT2D eigenvalue weighted by Crippen LogP contribution is 2.36. The molecule has 0 rings (SSSR count). The Kier molecular flexibility index (Phi) is 4.60. The Morgan fingerprint density at radius 1 is 1.43 bits per heavy atom. The van der Waals surface area contributed by atoms with Gasteiger partial charge in [0.15, 0.2) is 8.32 Å². The van der Waals surface area contributed by atoms with Crippen LogP contribution in [0.1, 0.15) is 27.2 Å². The van der Waals surface area contributed by atoms with E-state index < -0.39 is 8.32 Å². The molecule has 0 fully saturated rings. The first-order valence-electron chi connectivity index (χ1n) is 4.81. The molecule has 5 heteroatoms. The zero-order valence-electron chi connectivity index (χ0n) is 9.79. The molecule has 0 atom stereocenters. The number of hydrogen-bond donors (Lipinski definition) is 2. The molecule has 0 spiro atoms. The van der Waals surface area contributed by atoms with Gasteiger partial charge in [0.05, 0.1) is 0 Å². The van der Waals surface area contributed by atoms with E-state index in [0.29, 0.717) is 13.0 Å². The minimum absolute atomic E-state index is 0.206. The first-order valence-corrected chi connectivity index (χ1v) is 7.72. The minimum atomic E-state index is -1.68. The number of nitrogens with two attached hydrogens (primary N) is 1. The first-order chi connectivity index (χ1) is 6.20. The molecular formula is C9H22N2O2Si. The van der Waals surface area contributed by atoms with E-state index in [4.69, 9.17) is 15.4 Å². The molecule has 0 saturated carbocycles. The Morgan fingerprint density at radius 2 is 1.93 bits per heavy atom. The van der Waals surface area contributed by atoms with Crippen LogP contribution >= 0.6 is 0 Å². The first kappa shape index (κ1) is 13.4. The maximum Gasteiger partial charge on any atom is 0.191 e. The van der Waals surface area contributed by atoms with Gasteiger partial charge in [0.25, 0.3) is 0 Å². The van der Waals surface area contributed by atoms with Crippen LogP contribution in [-0.2, 0) is 4.43 Å². The fourth-order valence-corrected chi connectivity index (χ4v) is 1.72. The summed E-state index contributed by atoms with van der Waals surface area (Å²) in [5.74, 6) is 0.226. The quantitative estimate of drug-likeness (QED) is 0.250. The summed E-state index contributed by atoms with van der Waals surface area (Å²) in [5, 5.41) is 11.4. The SMILES string of the molecule is CC(C)(C)[Si](C)(C)OCCC(N)=NO. The molecule has 0 amide bonds. The third-order valence-corrected chi connectivity index (χ3v) is 7.29. The Balaban J connectivity index is 4.01. The van der Waals surface area contributed by atoms with Gasteiger partial charge in [-0.15, -0.1) is 0 Å². The Hall–Kier alpha value is -0.553. The van der Waals surface area contributed by atoms with Gasteiger partial charge in [-0.25, -0.2) is 0 Å². The Morgan fingerprint density at radius 3 is 2.29 bits per heavy atom. The van der Waals surface area contributed by atoms with Gasteiger partial charge in [0.2, 0.25) is 0 Å². The molecule has 0 aliphatic rings. The summed E-state index contributed by atoms with van der Waals surface area (Å²) in [6, 6.07) is 0. The number of oxime groups is 1. The van der Waals surface area contributed by atoms with Gasteiger partial charge in [-0.2, -0.15) is 0 Å². The topological polar surface area (TPSA) is 67.8 Å². The highest BCUT2D eigenvalue weighted by Gasteiger charge is 2.36. The molecule has 4 nitrogen and oxygen atoms in total. The molecule has 0 saturated heterocycles. The molecule has 14 heavy (non-hydrogen) atoms. The summed E-state index contributed by atoms with van der Waals surface area (Å²) in [4.78, 5) is 0. The van der Waals surface area contributed by atoms with Crippen molar-refractivity contribution in [3.63, 3.8) is 0 Å². The van der Waals surface area contributed by atoms with Crippen molar-refractivity contribution < 1.29 is 9.63 Å². The lowest BCUT2D eigenvalue weighted by Gasteiger charge is -2.36. The number of amidine groups is 1. The van der Waals surface area contributed by atoms with Crippen LogP contribution in [0.25, 0.3) is 0 Å². The second-order valence-corrected chi connectivity index (χ2v) is 9.76. The normalized spacial score (nSPS) is 14.5. The van der Waals surface area contributed by atoms with E-state index in [1.54, 1.807) is 0 Å². The third kappa shape index (κ3) is 4.10. The van der Waals surface area contributed by atoms with Gasteiger partial charge in [0.1, 0.15) is 5.84 Å². The van der Waals surface area contributed by atoms with E-state index in [9.17, 15) is 0 Å². The fourth-order valence-electron chi connectivity index (χ4n) is 0.677. The monoisotopic (exact) mass is 218 g/mol. The van der Waals surface area contributed by atoms with Gasteiger partial charge in [0, 0.05) is 13.0 Å². The van der Waals surface area contributed by atoms with Gasteiger partial charge >= 0.3 is 0 Å². The van der Waals surface area contributed by atoms with Crippen LogP contribution in [0.3, 0.4) is 0 Å². The zero-order valence-corrected chi connectivity index (χ0v) is 10.8. The summed E-state index contributed by atoms with van der Waals surface area (Å²) in [7, 11) is -1.68. The second kappa shape index (κ2) is 4.79. The van der Waals surface area contributed by atoms with Crippen molar-refractivity contribution in [3.8, 4) is 0 Å². The van der Waals surface area contributed by atoms with Crippen molar-refractivity contribution in [3.05, 3.63) is 0 Å². The van der Waals surface area contributed by atoms with Crippen LogP contribution in [0.4, 0.5) is 0 Å². The average molecular weight is 218 g/mol.